The molecule has 144 valence electrons. The van der Waals surface area contributed by atoms with Gasteiger partial charge in [0, 0.05) is 5.56 Å². The molecule has 0 fully saturated rings. The molecule has 0 aliphatic heterocycles. The molecule has 2 aromatic rings. The minimum absolute atomic E-state index is 0.0189. The van der Waals surface area contributed by atoms with Crippen LogP contribution in [0, 0.1) is 11.3 Å². The summed E-state index contributed by atoms with van der Waals surface area (Å²) in [7, 11) is 0. The van der Waals surface area contributed by atoms with Gasteiger partial charge < -0.3 is 0 Å². The van der Waals surface area contributed by atoms with E-state index in [2.05, 4.69) is 28.7 Å². The van der Waals surface area contributed by atoms with E-state index < -0.39 is 11.7 Å². The van der Waals surface area contributed by atoms with Crippen LogP contribution in [-0.2, 0) is 6.18 Å². The van der Waals surface area contributed by atoms with Gasteiger partial charge in [-0.3, -0.25) is 4.90 Å². The van der Waals surface area contributed by atoms with E-state index in [9.17, 15) is 18.4 Å². The molecule has 0 saturated heterocycles. The van der Waals surface area contributed by atoms with Crippen LogP contribution in [0.4, 0.5) is 13.2 Å². The Kier molecular flexibility index (Phi) is 6.92. The number of nitriles is 1. The van der Waals surface area contributed by atoms with Crippen molar-refractivity contribution in [2.75, 3.05) is 13.1 Å². The van der Waals surface area contributed by atoms with E-state index in [-0.39, 0.29) is 11.9 Å². The molecule has 2 rings (SSSR count). The molecule has 0 aliphatic rings. The summed E-state index contributed by atoms with van der Waals surface area (Å²) in [5.41, 5.74) is 0.561. The van der Waals surface area contributed by atoms with Gasteiger partial charge in [-0.15, -0.1) is 0 Å². The standard InChI is InChI=1S/C20H23F3N4/c1-4-10-27(6-3)18(5-2)17-12-16(25-19(13-24)26-17)14-8-7-9-15(11-14)20(21,22)23/h7-9,11-12,18H,4-6,10H2,1-3H3. The van der Waals surface area contributed by atoms with Crippen LogP contribution in [0.5, 0.6) is 0 Å². The largest absolute Gasteiger partial charge is 0.416 e. The first kappa shape index (κ1) is 20.8. The topological polar surface area (TPSA) is 52.8 Å². The third-order valence-corrected chi connectivity index (χ3v) is 4.42. The molecule has 0 amide bonds. The molecule has 1 atom stereocenters. The van der Waals surface area contributed by atoms with Gasteiger partial charge in [-0.1, -0.05) is 32.9 Å². The third kappa shape index (κ3) is 5.04. The average Bonchev–Trinajstić information content (AvgIpc) is 2.67. The number of benzene rings is 1. The number of hydrogen-bond donors (Lipinski definition) is 0. The maximum atomic E-state index is 13.0. The van der Waals surface area contributed by atoms with Gasteiger partial charge >= 0.3 is 6.18 Å². The van der Waals surface area contributed by atoms with Gasteiger partial charge in [-0.25, -0.2) is 9.97 Å². The van der Waals surface area contributed by atoms with E-state index >= 15 is 0 Å². The molecular formula is C20H23F3N4. The number of alkyl halides is 3. The molecule has 0 bridgehead atoms. The van der Waals surface area contributed by atoms with E-state index in [1.165, 1.54) is 6.07 Å². The molecule has 1 unspecified atom stereocenters. The van der Waals surface area contributed by atoms with Crippen LogP contribution in [0.2, 0.25) is 0 Å². The number of rotatable bonds is 7. The Morgan fingerprint density at radius 1 is 1.15 bits per heavy atom. The molecule has 1 aromatic carbocycles. The van der Waals surface area contributed by atoms with Crippen LogP contribution in [0.25, 0.3) is 11.3 Å². The summed E-state index contributed by atoms with van der Waals surface area (Å²) in [6.45, 7) is 7.86. The van der Waals surface area contributed by atoms with Crippen molar-refractivity contribution in [1.82, 2.24) is 14.9 Å². The Hall–Kier alpha value is -2.46. The quantitative estimate of drug-likeness (QED) is 0.665. The van der Waals surface area contributed by atoms with Crippen LogP contribution in [0.1, 0.15) is 56.7 Å². The predicted molar refractivity (Wildman–Crippen MR) is 97.8 cm³/mol. The molecule has 27 heavy (non-hydrogen) atoms. The molecule has 1 heterocycles. The summed E-state index contributed by atoms with van der Waals surface area (Å²) in [6.07, 6.45) is -2.69. The van der Waals surface area contributed by atoms with Crippen LogP contribution < -0.4 is 0 Å². The molecule has 0 spiro atoms. The summed E-state index contributed by atoms with van der Waals surface area (Å²) >= 11 is 0. The molecule has 4 nitrogen and oxygen atoms in total. The normalized spacial score (nSPS) is 12.8. The second-order valence-corrected chi connectivity index (χ2v) is 6.24. The SMILES string of the molecule is CCCN(CC)C(CC)c1cc(-c2cccc(C(F)(F)F)c2)nc(C#N)n1. The van der Waals surface area contributed by atoms with Crippen molar-refractivity contribution >= 4 is 0 Å². The number of nitrogens with zero attached hydrogens (tertiary/aromatic N) is 4. The van der Waals surface area contributed by atoms with Crippen LogP contribution in [0.15, 0.2) is 30.3 Å². The number of hydrogen-bond acceptors (Lipinski definition) is 4. The summed E-state index contributed by atoms with van der Waals surface area (Å²) in [5, 5.41) is 9.30. The molecule has 0 radical (unpaired) electrons. The maximum absolute atomic E-state index is 13.0. The third-order valence-electron chi connectivity index (χ3n) is 4.42. The van der Waals surface area contributed by atoms with Crippen molar-refractivity contribution < 1.29 is 13.2 Å². The fraction of sp³-hybridized carbons (Fsp3) is 0.450. The maximum Gasteiger partial charge on any atom is 0.416 e. The van der Waals surface area contributed by atoms with Gasteiger partial charge in [0.05, 0.1) is 23.0 Å². The number of aromatic nitrogens is 2. The Labute approximate surface area is 157 Å². The van der Waals surface area contributed by atoms with Gasteiger partial charge in [0.15, 0.2) is 0 Å². The zero-order chi connectivity index (χ0) is 20.0. The van der Waals surface area contributed by atoms with E-state index in [4.69, 9.17) is 0 Å². The smallest absolute Gasteiger partial charge is 0.295 e. The fourth-order valence-corrected chi connectivity index (χ4v) is 3.17. The first-order valence-corrected chi connectivity index (χ1v) is 9.04. The first-order valence-electron chi connectivity index (χ1n) is 9.04. The predicted octanol–water partition coefficient (Wildman–Crippen LogP) is 5.22. The van der Waals surface area contributed by atoms with Gasteiger partial charge in [-0.2, -0.15) is 18.4 Å². The minimum atomic E-state index is -4.43. The van der Waals surface area contributed by atoms with E-state index in [1.54, 1.807) is 12.1 Å². The van der Waals surface area contributed by atoms with Crippen molar-refractivity contribution in [1.29, 1.82) is 5.26 Å². The monoisotopic (exact) mass is 376 g/mol. The van der Waals surface area contributed by atoms with Gasteiger partial charge in [-0.05, 0) is 44.1 Å². The lowest BCUT2D eigenvalue weighted by atomic mass is 10.0. The minimum Gasteiger partial charge on any atom is -0.295 e. The number of halogens is 3. The Balaban J connectivity index is 2.54. The van der Waals surface area contributed by atoms with Crippen molar-refractivity contribution in [3.63, 3.8) is 0 Å². The van der Waals surface area contributed by atoms with Crippen LogP contribution in [0.3, 0.4) is 0 Å². The van der Waals surface area contributed by atoms with Crippen molar-refractivity contribution in [2.24, 2.45) is 0 Å². The Morgan fingerprint density at radius 3 is 2.44 bits per heavy atom. The lowest BCUT2D eigenvalue weighted by molar-refractivity contribution is -0.137. The molecule has 1 aromatic heterocycles. The zero-order valence-corrected chi connectivity index (χ0v) is 15.7. The highest BCUT2D eigenvalue weighted by atomic mass is 19.4. The van der Waals surface area contributed by atoms with Crippen LogP contribution >= 0.6 is 0 Å². The summed E-state index contributed by atoms with van der Waals surface area (Å²) in [4.78, 5) is 10.7. The lowest BCUT2D eigenvalue weighted by Crippen LogP contribution is -2.30. The lowest BCUT2D eigenvalue weighted by Gasteiger charge is -2.29. The Morgan fingerprint density at radius 2 is 1.89 bits per heavy atom. The van der Waals surface area contributed by atoms with Gasteiger partial charge in [0.25, 0.3) is 0 Å². The zero-order valence-electron chi connectivity index (χ0n) is 15.7. The second-order valence-electron chi connectivity index (χ2n) is 6.24. The fourth-order valence-electron chi connectivity index (χ4n) is 3.17. The highest BCUT2D eigenvalue weighted by Crippen LogP contribution is 2.32. The average molecular weight is 376 g/mol. The summed E-state index contributed by atoms with van der Waals surface area (Å²) in [6, 6.07) is 8.59. The highest BCUT2D eigenvalue weighted by Gasteiger charge is 2.30. The Bertz CT molecular complexity index is 812. The van der Waals surface area contributed by atoms with E-state index in [0.717, 1.165) is 38.1 Å². The highest BCUT2D eigenvalue weighted by molar-refractivity contribution is 5.61. The molecular weight excluding hydrogens is 353 g/mol. The van der Waals surface area contributed by atoms with Crippen LogP contribution in [-0.4, -0.2) is 28.0 Å². The van der Waals surface area contributed by atoms with E-state index in [1.807, 2.05) is 13.0 Å². The van der Waals surface area contributed by atoms with E-state index in [0.29, 0.717) is 17.0 Å². The molecule has 7 heteroatoms. The van der Waals surface area contributed by atoms with Gasteiger partial charge in [0.2, 0.25) is 5.82 Å². The molecule has 0 aliphatic carbocycles. The first-order chi connectivity index (χ1) is 12.8. The van der Waals surface area contributed by atoms with Gasteiger partial charge in [0.1, 0.15) is 6.07 Å². The van der Waals surface area contributed by atoms with Crippen molar-refractivity contribution in [2.45, 2.75) is 45.8 Å². The molecule has 0 N–H and O–H groups in total. The second kappa shape index (κ2) is 8.96. The summed E-state index contributed by atoms with van der Waals surface area (Å²) in [5.74, 6) is -0.0362. The summed E-state index contributed by atoms with van der Waals surface area (Å²) < 4.78 is 39.1. The molecule has 0 saturated carbocycles. The van der Waals surface area contributed by atoms with Crippen molar-refractivity contribution in [3.05, 3.63) is 47.4 Å². The van der Waals surface area contributed by atoms with Crippen molar-refractivity contribution in [3.8, 4) is 17.3 Å².